The van der Waals surface area contributed by atoms with Gasteiger partial charge in [0, 0.05) is 19.3 Å². The molecule has 1 amide bonds. The van der Waals surface area contributed by atoms with Crippen molar-refractivity contribution in [1.29, 1.82) is 0 Å². The second-order valence-corrected chi connectivity index (χ2v) is 5.09. The van der Waals surface area contributed by atoms with E-state index in [2.05, 4.69) is 10.3 Å². The van der Waals surface area contributed by atoms with E-state index in [0.29, 0.717) is 6.54 Å². The highest BCUT2D eigenvalue weighted by Crippen LogP contribution is 2.25. The largest absolute Gasteiger partial charge is 0.389 e. The van der Waals surface area contributed by atoms with Gasteiger partial charge >= 0.3 is 0 Å². The molecule has 98 valence electrons. The number of nitrogens with zero attached hydrogens (tertiary/aromatic N) is 2. The van der Waals surface area contributed by atoms with Crippen molar-refractivity contribution in [2.24, 2.45) is 0 Å². The Morgan fingerprint density at radius 1 is 1.50 bits per heavy atom. The molecular weight excluding hydrogens is 230 g/mol. The van der Waals surface area contributed by atoms with Crippen LogP contribution in [0.4, 0.5) is 5.82 Å². The molecule has 0 spiro atoms. The van der Waals surface area contributed by atoms with Gasteiger partial charge in [-0.25, -0.2) is 4.98 Å². The fourth-order valence-electron chi connectivity index (χ4n) is 2.10. The number of hydrogen-bond acceptors (Lipinski definition) is 4. The Labute approximate surface area is 107 Å². The Kier molecular flexibility index (Phi) is 3.26. The normalized spacial score (nSPS) is 20.4. The SMILES string of the molecule is C[C@@H](O)c1ccc(N2CCNC(=O)C2(C)C)nc1. The lowest BCUT2D eigenvalue weighted by atomic mass is 9.99. The predicted molar refractivity (Wildman–Crippen MR) is 69.3 cm³/mol. The third kappa shape index (κ3) is 2.18. The zero-order valence-corrected chi connectivity index (χ0v) is 11.0. The number of anilines is 1. The van der Waals surface area contributed by atoms with Gasteiger partial charge in [0.2, 0.25) is 5.91 Å². The van der Waals surface area contributed by atoms with Gasteiger partial charge in [-0.3, -0.25) is 4.79 Å². The molecule has 2 rings (SSSR count). The summed E-state index contributed by atoms with van der Waals surface area (Å²) in [6, 6.07) is 3.69. The van der Waals surface area contributed by atoms with E-state index in [9.17, 15) is 9.90 Å². The van der Waals surface area contributed by atoms with Crippen LogP contribution in [0.25, 0.3) is 0 Å². The Morgan fingerprint density at radius 3 is 2.78 bits per heavy atom. The molecule has 1 saturated heterocycles. The molecule has 2 heterocycles. The fraction of sp³-hybridized carbons (Fsp3) is 0.538. The van der Waals surface area contributed by atoms with E-state index in [1.165, 1.54) is 0 Å². The van der Waals surface area contributed by atoms with E-state index in [1.54, 1.807) is 13.1 Å². The molecule has 5 heteroatoms. The number of rotatable bonds is 2. The minimum atomic E-state index is -0.600. The Balaban J connectivity index is 2.27. The zero-order valence-electron chi connectivity index (χ0n) is 11.0. The number of aromatic nitrogens is 1. The first kappa shape index (κ1) is 12.8. The molecular formula is C13H19N3O2. The topological polar surface area (TPSA) is 65.5 Å². The van der Waals surface area contributed by atoms with Gasteiger partial charge in [0.05, 0.1) is 6.10 Å². The molecule has 1 aliphatic rings. The van der Waals surface area contributed by atoms with Crippen LogP contribution in [0.1, 0.15) is 32.4 Å². The first-order valence-electron chi connectivity index (χ1n) is 6.13. The van der Waals surface area contributed by atoms with E-state index in [1.807, 2.05) is 30.9 Å². The molecule has 2 N–H and O–H groups in total. The number of carbonyl (C=O) groups is 1. The fourth-order valence-corrected chi connectivity index (χ4v) is 2.10. The number of hydrogen-bond donors (Lipinski definition) is 2. The number of amides is 1. The highest BCUT2D eigenvalue weighted by atomic mass is 16.3. The molecule has 1 fully saturated rings. The number of aliphatic hydroxyl groups is 1. The summed E-state index contributed by atoms with van der Waals surface area (Å²) < 4.78 is 0. The Hall–Kier alpha value is -1.62. The molecule has 5 nitrogen and oxygen atoms in total. The summed E-state index contributed by atoms with van der Waals surface area (Å²) in [7, 11) is 0. The van der Waals surface area contributed by atoms with Crippen molar-refractivity contribution in [2.75, 3.05) is 18.0 Å². The first-order chi connectivity index (χ1) is 8.43. The second-order valence-electron chi connectivity index (χ2n) is 5.09. The highest BCUT2D eigenvalue weighted by Gasteiger charge is 2.38. The maximum absolute atomic E-state index is 11.9. The van der Waals surface area contributed by atoms with Crippen LogP contribution in [0, 0.1) is 0 Å². The highest BCUT2D eigenvalue weighted by molar-refractivity contribution is 5.90. The second kappa shape index (κ2) is 4.57. The molecule has 0 aromatic carbocycles. The van der Waals surface area contributed by atoms with Crippen molar-refractivity contribution in [3.05, 3.63) is 23.9 Å². The molecule has 1 aromatic heterocycles. The average Bonchev–Trinajstić information content (AvgIpc) is 2.33. The molecule has 0 bridgehead atoms. The summed E-state index contributed by atoms with van der Waals surface area (Å²) in [4.78, 5) is 18.2. The van der Waals surface area contributed by atoms with Gasteiger partial charge in [-0.2, -0.15) is 0 Å². The third-order valence-electron chi connectivity index (χ3n) is 3.38. The van der Waals surface area contributed by atoms with E-state index in [0.717, 1.165) is 17.9 Å². The van der Waals surface area contributed by atoms with E-state index in [-0.39, 0.29) is 5.91 Å². The summed E-state index contributed by atoms with van der Waals surface area (Å²) >= 11 is 0. The van der Waals surface area contributed by atoms with Crippen molar-refractivity contribution in [2.45, 2.75) is 32.4 Å². The minimum Gasteiger partial charge on any atom is -0.389 e. The molecule has 0 saturated carbocycles. The minimum absolute atomic E-state index is 0.00940. The van der Waals surface area contributed by atoms with E-state index >= 15 is 0 Å². The van der Waals surface area contributed by atoms with Gasteiger partial charge in [-0.1, -0.05) is 6.07 Å². The molecule has 1 aromatic rings. The van der Waals surface area contributed by atoms with Gasteiger partial charge in [0.1, 0.15) is 11.4 Å². The van der Waals surface area contributed by atoms with Gasteiger partial charge < -0.3 is 15.3 Å². The summed E-state index contributed by atoms with van der Waals surface area (Å²) in [5, 5.41) is 12.3. The van der Waals surface area contributed by atoms with Crippen molar-refractivity contribution in [3.8, 4) is 0 Å². The number of piperazine rings is 1. The number of carbonyl (C=O) groups excluding carboxylic acids is 1. The van der Waals surface area contributed by atoms with Gasteiger partial charge in [0.15, 0.2) is 0 Å². The van der Waals surface area contributed by atoms with Crippen LogP contribution < -0.4 is 10.2 Å². The molecule has 0 aliphatic carbocycles. The lowest BCUT2D eigenvalue weighted by Gasteiger charge is -2.42. The van der Waals surface area contributed by atoms with Crippen molar-refractivity contribution < 1.29 is 9.90 Å². The van der Waals surface area contributed by atoms with Crippen LogP contribution in [0.3, 0.4) is 0 Å². The summed E-state index contributed by atoms with van der Waals surface area (Å²) in [5.74, 6) is 0.773. The summed E-state index contributed by atoms with van der Waals surface area (Å²) in [6.07, 6.45) is 1.13. The molecule has 1 aliphatic heterocycles. The van der Waals surface area contributed by atoms with Crippen molar-refractivity contribution >= 4 is 11.7 Å². The van der Waals surface area contributed by atoms with Crippen LogP contribution in [0.15, 0.2) is 18.3 Å². The average molecular weight is 249 g/mol. The first-order valence-corrected chi connectivity index (χ1v) is 6.13. The van der Waals surface area contributed by atoms with E-state index < -0.39 is 11.6 Å². The van der Waals surface area contributed by atoms with E-state index in [4.69, 9.17) is 0 Å². The maximum atomic E-state index is 11.9. The number of aliphatic hydroxyl groups excluding tert-OH is 1. The van der Waals surface area contributed by atoms with Crippen molar-refractivity contribution in [3.63, 3.8) is 0 Å². The monoisotopic (exact) mass is 249 g/mol. The predicted octanol–water partition coefficient (Wildman–Crippen LogP) is 0.850. The Bertz CT molecular complexity index is 440. The summed E-state index contributed by atoms with van der Waals surface area (Å²) in [6.45, 7) is 6.83. The van der Waals surface area contributed by atoms with Crippen LogP contribution in [0.2, 0.25) is 0 Å². The maximum Gasteiger partial charge on any atom is 0.245 e. The van der Waals surface area contributed by atoms with Crippen LogP contribution in [-0.4, -0.2) is 34.6 Å². The van der Waals surface area contributed by atoms with Crippen LogP contribution >= 0.6 is 0 Å². The smallest absolute Gasteiger partial charge is 0.245 e. The number of nitrogens with one attached hydrogen (secondary N) is 1. The molecule has 18 heavy (non-hydrogen) atoms. The standard InChI is InChI=1S/C13H19N3O2/c1-9(17)10-4-5-11(15-8-10)16-7-6-14-12(18)13(16,2)3/h4-5,8-9,17H,6-7H2,1-3H3,(H,14,18)/t9-/m1/s1. The van der Waals surface area contributed by atoms with Gasteiger partial charge in [-0.05, 0) is 32.4 Å². The number of pyridine rings is 1. The molecule has 0 unspecified atom stereocenters. The summed E-state index contributed by atoms with van der Waals surface area (Å²) in [5.41, 5.74) is 0.176. The third-order valence-corrected chi connectivity index (χ3v) is 3.38. The lowest BCUT2D eigenvalue weighted by Crippen LogP contribution is -2.62. The van der Waals surface area contributed by atoms with Crippen molar-refractivity contribution in [1.82, 2.24) is 10.3 Å². The Morgan fingerprint density at radius 2 is 2.22 bits per heavy atom. The van der Waals surface area contributed by atoms with Gasteiger partial charge in [-0.15, -0.1) is 0 Å². The van der Waals surface area contributed by atoms with Crippen LogP contribution in [0.5, 0.6) is 0 Å². The molecule has 1 atom stereocenters. The molecule has 0 radical (unpaired) electrons. The quantitative estimate of drug-likeness (QED) is 0.815. The lowest BCUT2D eigenvalue weighted by molar-refractivity contribution is -0.126. The zero-order chi connectivity index (χ0) is 13.3. The van der Waals surface area contributed by atoms with Gasteiger partial charge in [0.25, 0.3) is 0 Å². The van der Waals surface area contributed by atoms with Crippen LogP contribution in [-0.2, 0) is 4.79 Å².